The minimum Gasteiger partial charge on any atom is -0.383 e. The molecule has 1 rings (SSSR count). The summed E-state index contributed by atoms with van der Waals surface area (Å²) in [6.45, 7) is 2.04. The number of hydrogen-bond donors (Lipinski definition) is 1. The molecule has 1 unspecified atom stereocenters. The molecule has 0 spiro atoms. The molecule has 0 heterocycles. The summed E-state index contributed by atoms with van der Waals surface area (Å²) in [6.07, 6.45) is -4.11. The van der Waals surface area contributed by atoms with E-state index in [1.807, 2.05) is 0 Å². The van der Waals surface area contributed by atoms with Crippen molar-refractivity contribution in [3.05, 3.63) is 33.9 Å². The predicted octanol–water partition coefficient (Wildman–Crippen LogP) is 3.45. The van der Waals surface area contributed by atoms with Gasteiger partial charge in [-0.3, -0.25) is 10.1 Å². The second-order valence-electron chi connectivity index (χ2n) is 4.19. The maximum Gasteiger partial charge on any atom is 0.418 e. The third-order valence-corrected chi connectivity index (χ3v) is 2.74. The molecule has 0 amide bonds. The Morgan fingerprint density at radius 2 is 2.10 bits per heavy atom. The Morgan fingerprint density at radius 1 is 1.45 bits per heavy atom. The highest BCUT2D eigenvalue weighted by Gasteiger charge is 2.35. The summed E-state index contributed by atoms with van der Waals surface area (Å²) >= 11 is 0. The Balaban J connectivity index is 3.15. The highest BCUT2D eigenvalue weighted by molar-refractivity contribution is 5.57. The summed E-state index contributed by atoms with van der Waals surface area (Å²) in [7, 11) is 1.45. The standard InChI is InChI=1S/C12H15F3N2O3/c1-3-8(7-20-2)16-11-5-4-9(17(18)19)6-10(11)12(13,14)15/h4-6,8,16H,3,7H2,1-2H3. The van der Waals surface area contributed by atoms with Crippen LogP contribution in [0.1, 0.15) is 18.9 Å². The van der Waals surface area contributed by atoms with Crippen molar-refractivity contribution in [3.8, 4) is 0 Å². The van der Waals surface area contributed by atoms with Gasteiger partial charge in [0.25, 0.3) is 5.69 Å². The van der Waals surface area contributed by atoms with Gasteiger partial charge in [-0.1, -0.05) is 6.92 Å². The van der Waals surface area contributed by atoms with E-state index in [4.69, 9.17) is 4.74 Å². The first kappa shape index (κ1) is 16.2. The summed E-state index contributed by atoms with van der Waals surface area (Å²) in [5.41, 5.74) is -1.84. The molecule has 0 saturated carbocycles. The lowest BCUT2D eigenvalue weighted by Crippen LogP contribution is -2.25. The van der Waals surface area contributed by atoms with E-state index in [1.54, 1.807) is 6.92 Å². The van der Waals surface area contributed by atoms with Crippen LogP contribution in [-0.4, -0.2) is 24.7 Å². The van der Waals surface area contributed by atoms with E-state index in [9.17, 15) is 23.3 Å². The van der Waals surface area contributed by atoms with Gasteiger partial charge in [0.05, 0.1) is 17.1 Å². The third-order valence-electron chi connectivity index (χ3n) is 2.74. The van der Waals surface area contributed by atoms with Gasteiger partial charge in [0.2, 0.25) is 0 Å². The number of alkyl halides is 3. The molecule has 8 heteroatoms. The minimum absolute atomic E-state index is 0.188. The Hall–Kier alpha value is -1.83. The molecule has 1 atom stereocenters. The molecule has 0 aliphatic carbocycles. The van der Waals surface area contributed by atoms with Gasteiger partial charge in [0.1, 0.15) is 0 Å². The molecule has 5 nitrogen and oxygen atoms in total. The maximum absolute atomic E-state index is 12.9. The molecular formula is C12H15F3N2O3. The molecule has 1 aromatic carbocycles. The number of halogens is 3. The zero-order chi connectivity index (χ0) is 15.3. The number of nitro benzene ring substituents is 1. The average Bonchev–Trinajstić information content (AvgIpc) is 2.37. The van der Waals surface area contributed by atoms with Gasteiger partial charge in [-0.15, -0.1) is 0 Å². The van der Waals surface area contributed by atoms with Crippen LogP contribution in [0.15, 0.2) is 18.2 Å². The first-order chi connectivity index (χ1) is 9.29. The van der Waals surface area contributed by atoms with E-state index < -0.39 is 22.4 Å². The molecule has 20 heavy (non-hydrogen) atoms. The van der Waals surface area contributed by atoms with E-state index in [0.717, 1.165) is 12.1 Å². The van der Waals surface area contributed by atoms with Gasteiger partial charge in [0.15, 0.2) is 0 Å². The molecule has 0 aliphatic rings. The number of rotatable bonds is 6. The monoisotopic (exact) mass is 292 g/mol. The maximum atomic E-state index is 12.9. The first-order valence-electron chi connectivity index (χ1n) is 5.90. The SMILES string of the molecule is CCC(COC)Nc1ccc([N+](=O)[O-])cc1C(F)(F)F. The number of anilines is 1. The van der Waals surface area contributed by atoms with E-state index in [1.165, 1.54) is 7.11 Å². The van der Waals surface area contributed by atoms with E-state index in [2.05, 4.69) is 5.32 Å². The molecule has 0 radical (unpaired) electrons. The molecule has 0 saturated heterocycles. The van der Waals surface area contributed by atoms with Crippen molar-refractivity contribution in [1.82, 2.24) is 0 Å². The lowest BCUT2D eigenvalue weighted by molar-refractivity contribution is -0.385. The molecule has 112 valence electrons. The van der Waals surface area contributed by atoms with E-state index in [0.29, 0.717) is 12.5 Å². The normalized spacial score (nSPS) is 13.1. The number of nitrogens with zero attached hydrogens (tertiary/aromatic N) is 1. The van der Waals surface area contributed by atoms with Crippen LogP contribution < -0.4 is 5.32 Å². The van der Waals surface area contributed by atoms with Crippen LogP contribution >= 0.6 is 0 Å². The van der Waals surface area contributed by atoms with Crippen LogP contribution in [-0.2, 0) is 10.9 Å². The van der Waals surface area contributed by atoms with Gasteiger partial charge in [-0.25, -0.2) is 0 Å². The molecular weight excluding hydrogens is 277 g/mol. The van der Waals surface area contributed by atoms with Crippen LogP contribution in [0.25, 0.3) is 0 Å². The predicted molar refractivity (Wildman–Crippen MR) is 67.7 cm³/mol. The fourth-order valence-electron chi connectivity index (χ4n) is 1.69. The molecule has 0 aliphatic heterocycles. The van der Waals surface area contributed by atoms with Crippen molar-refractivity contribution >= 4 is 11.4 Å². The van der Waals surface area contributed by atoms with Gasteiger partial charge in [-0.2, -0.15) is 13.2 Å². The summed E-state index contributed by atoms with van der Waals surface area (Å²) in [6, 6.07) is 2.33. The number of hydrogen-bond acceptors (Lipinski definition) is 4. The lowest BCUT2D eigenvalue weighted by Gasteiger charge is -2.20. The summed E-state index contributed by atoms with van der Waals surface area (Å²) in [5, 5.41) is 13.3. The second-order valence-corrected chi connectivity index (χ2v) is 4.19. The number of non-ortho nitro benzene ring substituents is 1. The van der Waals surface area contributed by atoms with Crippen LogP contribution in [0.3, 0.4) is 0 Å². The Bertz CT molecular complexity index is 478. The van der Waals surface area contributed by atoms with Gasteiger partial charge in [0, 0.05) is 31.0 Å². The Kier molecular flexibility index (Phi) is 5.32. The highest BCUT2D eigenvalue weighted by Crippen LogP contribution is 2.37. The van der Waals surface area contributed by atoms with Crippen molar-refractivity contribution in [2.45, 2.75) is 25.6 Å². The third kappa shape index (κ3) is 4.09. The van der Waals surface area contributed by atoms with Gasteiger partial charge < -0.3 is 10.1 Å². The Morgan fingerprint density at radius 3 is 2.55 bits per heavy atom. The Labute approximate surface area is 113 Å². The summed E-state index contributed by atoms with van der Waals surface area (Å²) in [4.78, 5) is 9.71. The van der Waals surface area contributed by atoms with E-state index >= 15 is 0 Å². The summed E-state index contributed by atoms with van der Waals surface area (Å²) < 4.78 is 43.7. The molecule has 1 aromatic rings. The van der Waals surface area contributed by atoms with E-state index in [-0.39, 0.29) is 18.3 Å². The van der Waals surface area contributed by atoms with Crippen molar-refractivity contribution < 1.29 is 22.8 Å². The van der Waals surface area contributed by atoms with Crippen molar-refractivity contribution in [1.29, 1.82) is 0 Å². The van der Waals surface area contributed by atoms with Crippen LogP contribution in [0, 0.1) is 10.1 Å². The molecule has 0 bridgehead atoms. The van der Waals surface area contributed by atoms with Gasteiger partial charge in [-0.05, 0) is 12.5 Å². The molecule has 0 fully saturated rings. The molecule has 1 N–H and O–H groups in total. The minimum atomic E-state index is -4.67. The van der Waals surface area contributed by atoms with Crippen LogP contribution in [0.2, 0.25) is 0 Å². The number of methoxy groups -OCH3 is 1. The van der Waals surface area contributed by atoms with Gasteiger partial charge >= 0.3 is 6.18 Å². The largest absolute Gasteiger partial charge is 0.418 e. The number of benzene rings is 1. The fourth-order valence-corrected chi connectivity index (χ4v) is 1.69. The van der Waals surface area contributed by atoms with Crippen molar-refractivity contribution in [3.63, 3.8) is 0 Å². The zero-order valence-corrected chi connectivity index (χ0v) is 11.0. The second kappa shape index (κ2) is 6.56. The number of nitro groups is 1. The lowest BCUT2D eigenvalue weighted by atomic mass is 10.1. The number of ether oxygens (including phenoxy) is 1. The number of nitrogens with one attached hydrogen (secondary N) is 1. The smallest absolute Gasteiger partial charge is 0.383 e. The summed E-state index contributed by atoms with van der Waals surface area (Å²) in [5.74, 6) is 0. The van der Waals surface area contributed by atoms with Crippen LogP contribution in [0.5, 0.6) is 0 Å². The van der Waals surface area contributed by atoms with Crippen molar-refractivity contribution in [2.75, 3.05) is 19.0 Å². The zero-order valence-electron chi connectivity index (χ0n) is 11.0. The van der Waals surface area contributed by atoms with Crippen molar-refractivity contribution in [2.24, 2.45) is 0 Å². The quantitative estimate of drug-likeness (QED) is 0.644. The first-order valence-corrected chi connectivity index (χ1v) is 5.90. The van der Waals surface area contributed by atoms with Crippen LogP contribution in [0.4, 0.5) is 24.5 Å². The topological polar surface area (TPSA) is 64.4 Å². The average molecular weight is 292 g/mol. The molecule has 0 aromatic heterocycles. The highest BCUT2D eigenvalue weighted by atomic mass is 19.4. The fraction of sp³-hybridized carbons (Fsp3) is 0.500.